The predicted octanol–water partition coefficient (Wildman–Crippen LogP) is 1.32. The zero-order valence-corrected chi connectivity index (χ0v) is 18.5. The van der Waals surface area contributed by atoms with Gasteiger partial charge in [-0.1, -0.05) is 60.7 Å². The fourth-order valence-electron chi connectivity index (χ4n) is 4.34. The number of amides is 4. The van der Waals surface area contributed by atoms with Gasteiger partial charge in [0.2, 0.25) is 5.91 Å². The van der Waals surface area contributed by atoms with Crippen molar-refractivity contribution in [1.82, 2.24) is 15.1 Å². The fourth-order valence-corrected chi connectivity index (χ4v) is 6.12. The molecule has 0 bridgehead atoms. The molecule has 0 saturated carbocycles. The van der Waals surface area contributed by atoms with Gasteiger partial charge in [0.15, 0.2) is 15.4 Å². The molecule has 0 unspecified atom stereocenters. The monoisotopic (exact) mass is 455 g/mol. The molecule has 2 heterocycles. The Labute approximate surface area is 187 Å². The van der Waals surface area contributed by atoms with E-state index < -0.39 is 45.8 Å². The second-order valence-electron chi connectivity index (χ2n) is 8.32. The lowest BCUT2D eigenvalue weighted by Crippen LogP contribution is -2.48. The van der Waals surface area contributed by atoms with Gasteiger partial charge in [0, 0.05) is 19.5 Å². The number of nitrogens with one attached hydrogen (secondary N) is 1. The van der Waals surface area contributed by atoms with Crippen molar-refractivity contribution in [3.8, 4) is 0 Å². The van der Waals surface area contributed by atoms with Gasteiger partial charge < -0.3 is 10.2 Å². The topological polar surface area (TPSA) is 104 Å². The maximum absolute atomic E-state index is 13.6. The lowest BCUT2D eigenvalue weighted by molar-refractivity contribution is -0.139. The molecule has 2 saturated heterocycles. The summed E-state index contributed by atoms with van der Waals surface area (Å²) in [6.07, 6.45) is 0.594. The Balaban J connectivity index is 1.59. The minimum Gasteiger partial charge on any atom is -0.340 e. The molecular weight excluding hydrogens is 430 g/mol. The van der Waals surface area contributed by atoms with Crippen molar-refractivity contribution in [2.45, 2.75) is 24.4 Å². The highest BCUT2D eigenvalue weighted by Crippen LogP contribution is 2.33. The number of carbonyl (C=O) groups is 3. The third-order valence-electron chi connectivity index (χ3n) is 6.20. The summed E-state index contributed by atoms with van der Waals surface area (Å²) < 4.78 is 23.5. The van der Waals surface area contributed by atoms with Crippen molar-refractivity contribution >= 4 is 27.7 Å². The molecule has 4 rings (SSSR count). The van der Waals surface area contributed by atoms with Crippen LogP contribution in [0, 0.1) is 0 Å². The van der Waals surface area contributed by atoms with E-state index in [-0.39, 0.29) is 17.9 Å². The van der Waals surface area contributed by atoms with Gasteiger partial charge in [-0.25, -0.2) is 13.2 Å². The maximum atomic E-state index is 13.6. The largest absolute Gasteiger partial charge is 0.340 e. The number of benzene rings is 2. The molecule has 2 fully saturated rings. The van der Waals surface area contributed by atoms with E-state index in [2.05, 4.69) is 5.32 Å². The van der Waals surface area contributed by atoms with Gasteiger partial charge in [0.05, 0.1) is 11.5 Å². The van der Waals surface area contributed by atoms with Crippen LogP contribution in [0.4, 0.5) is 4.79 Å². The van der Waals surface area contributed by atoms with E-state index in [9.17, 15) is 22.8 Å². The minimum atomic E-state index is -3.17. The molecule has 2 aromatic rings. The summed E-state index contributed by atoms with van der Waals surface area (Å²) in [5.41, 5.74) is 0.175. The number of likely N-dealkylation sites (N-methyl/N-ethyl adjacent to an activating group) is 1. The van der Waals surface area contributed by atoms with Crippen LogP contribution < -0.4 is 5.32 Å². The Hall–Kier alpha value is -3.20. The lowest BCUT2D eigenvalue weighted by atomic mass is 9.83. The highest BCUT2D eigenvalue weighted by atomic mass is 32.2. The van der Waals surface area contributed by atoms with Crippen LogP contribution in [0.1, 0.15) is 17.5 Å². The van der Waals surface area contributed by atoms with Crippen LogP contribution in [-0.4, -0.2) is 67.2 Å². The molecule has 0 spiro atoms. The molecule has 2 aromatic carbocycles. The van der Waals surface area contributed by atoms with Crippen LogP contribution in [0.3, 0.4) is 0 Å². The Bertz CT molecular complexity index is 1140. The van der Waals surface area contributed by atoms with E-state index in [4.69, 9.17) is 0 Å². The van der Waals surface area contributed by atoms with Gasteiger partial charge in [-0.3, -0.25) is 14.5 Å². The number of urea groups is 1. The second-order valence-corrected chi connectivity index (χ2v) is 10.5. The number of sulfone groups is 1. The zero-order valence-electron chi connectivity index (χ0n) is 17.7. The van der Waals surface area contributed by atoms with Crippen molar-refractivity contribution in [3.05, 3.63) is 71.8 Å². The van der Waals surface area contributed by atoms with Crippen molar-refractivity contribution < 1.29 is 22.8 Å². The number of hydrogen-bond acceptors (Lipinski definition) is 5. The number of nitrogens with zero attached hydrogens (tertiary/aromatic N) is 2. The van der Waals surface area contributed by atoms with Gasteiger partial charge in [0.25, 0.3) is 5.91 Å². The fraction of sp³-hybridized carbons (Fsp3) is 0.348. The maximum Gasteiger partial charge on any atom is 0.325 e. The molecule has 2 aliphatic rings. The molecule has 2 aliphatic heterocycles. The molecule has 1 N–H and O–H groups in total. The van der Waals surface area contributed by atoms with E-state index in [1.807, 2.05) is 36.4 Å². The van der Waals surface area contributed by atoms with E-state index in [0.717, 1.165) is 10.5 Å². The molecule has 2 atom stereocenters. The SMILES string of the molecule is CN(C(=O)CN1C(=O)N[C@@](Cc2ccccc2)(c2ccccc2)C1=O)[C@@H]1CCS(=O)(=O)C1. The Kier molecular flexibility index (Phi) is 5.77. The number of imide groups is 1. The van der Waals surface area contributed by atoms with Crippen molar-refractivity contribution in [2.75, 3.05) is 25.1 Å². The molecule has 0 aliphatic carbocycles. The number of hydrogen-bond donors (Lipinski definition) is 1. The molecule has 9 heteroatoms. The van der Waals surface area contributed by atoms with Gasteiger partial charge >= 0.3 is 6.03 Å². The first-order chi connectivity index (χ1) is 15.2. The number of carbonyl (C=O) groups excluding carboxylic acids is 3. The van der Waals surface area contributed by atoms with Gasteiger partial charge in [0.1, 0.15) is 6.54 Å². The van der Waals surface area contributed by atoms with Gasteiger partial charge in [-0.15, -0.1) is 0 Å². The third-order valence-corrected chi connectivity index (χ3v) is 7.95. The first-order valence-electron chi connectivity index (χ1n) is 10.4. The summed E-state index contributed by atoms with van der Waals surface area (Å²) in [5, 5.41) is 2.83. The summed E-state index contributed by atoms with van der Waals surface area (Å²) in [4.78, 5) is 41.6. The van der Waals surface area contributed by atoms with Crippen molar-refractivity contribution in [3.63, 3.8) is 0 Å². The van der Waals surface area contributed by atoms with Gasteiger partial charge in [-0.05, 0) is 17.5 Å². The zero-order chi connectivity index (χ0) is 22.9. The summed E-state index contributed by atoms with van der Waals surface area (Å²) in [7, 11) is -1.65. The highest BCUT2D eigenvalue weighted by molar-refractivity contribution is 7.91. The molecule has 168 valence electrons. The van der Waals surface area contributed by atoms with Crippen LogP contribution >= 0.6 is 0 Å². The molecular formula is C23H25N3O5S. The summed E-state index contributed by atoms with van der Waals surface area (Å²) in [6, 6.07) is 17.2. The van der Waals surface area contributed by atoms with E-state index in [0.29, 0.717) is 12.0 Å². The Morgan fingerprint density at radius 1 is 1.09 bits per heavy atom. The normalized spacial score (nSPS) is 24.4. The molecule has 0 radical (unpaired) electrons. The Morgan fingerprint density at radius 3 is 2.31 bits per heavy atom. The van der Waals surface area contributed by atoms with E-state index in [1.54, 1.807) is 24.3 Å². The number of rotatable bonds is 6. The smallest absolute Gasteiger partial charge is 0.325 e. The predicted molar refractivity (Wildman–Crippen MR) is 118 cm³/mol. The van der Waals surface area contributed by atoms with Crippen LogP contribution in [0.15, 0.2) is 60.7 Å². The Morgan fingerprint density at radius 2 is 1.72 bits per heavy atom. The first-order valence-corrected chi connectivity index (χ1v) is 12.2. The third kappa shape index (κ3) is 4.12. The summed E-state index contributed by atoms with van der Waals surface area (Å²) in [6.45, 7) is -0.443. The molecule has 8 nitrogen and oxygen atoms in total. The summed E-state index contributed by atoms with van der Waals surface area (Å²) >= 11 is 0. The van der Waals surface area contributed by atoms with Crippen LogP contribution in [-0.2, 0) is 31.4 Å². The van der Waals surface area contributed by atoms with Crippen molar-refractivity contribution in [2.24, 2.45) is 0 Å². The average molecular weight is 456 g/mol. The lowest BCUT2D eigenvalue weighted by Gasteiger charge is -2.28. The highest BCUT2D eigenvalue weighted by Gasteiger charge is 2.53. The molecule has 0 aromatic heterocycles. The first kappa shape index (κ1) is 22.0. The van der Waals surface area contributed by atoms with E-state index >= 15 is 0 Å². The quantitative estimate of drug-likeness (QED) is 0.662. The van der Waals surface area contributed by atoms with Crippen molar-refractivity contribution in [1.29, 1.82) is 0 Å². The van der Waals surface area contributed by atoms with Crippen LogP contribution in [0.25, 0.3) is 0 Å². The van der Waals surface area contributed by atoms with Crippen LogP contribution in [0.5, 0.6) is 0 Å². The average Bonchev–Trinajstić information content (AvgIpc) is 3.26. The summed E-state index contributed by atoms with van der Waals surface area (Å²) in [5.74, 6) is -1.04. The standard InChI is InChI=1S/C23H25N3O5S/c1-25(19-12-13-32(30,31)16-19)20(27)15-26-21(28)23(24-22(26)29,18-10-6-3-7-11-18)14-17-8-4-2-5-9-17/h2-11,19H,12-16H2,1H3,(H,24,29)/t19-,23+/m1/s1. The van der Waals surface area contributed by atoms with E-state index in [1.165, 1.54) is 11.9 Å². The van der Waals surface area contributed by atoms with Gasteiger partial charge in [-0.2, -0.15) is 0 Å². The second kappa shape index (κ2) is 8.38. The molecule has 32 heavy (non-hydrogen) atoms. The minimum absolute atomic E-state index is 0.0343. The van der Waals surface area contributed by atoms with Crippen LogP contribution in [0.2, 0.25) is 0 Å². The molecule has 4 amide bonds.